The summed E-state index contributed by atoms with van der Waals surface area (Å²) in [5.41, 5.74) is 2.60. The predicted molar refractivity (Wildman–Crippen MR) is 126 cm³/mol. The molecule has 1 heterocycles. The number of nitrogens with one attached hydrogen (secondary N) is 1. The summed E-state index contributed by atoms with van der Waals surface area (Å²) in [5.74, 6) is 0. The molecular weight excluding hydrogens is 612 g/mol. The summed E-state index contributed by atoms with van der Waals surface area (Å²) in [4.78, 5) is 9.14. The van der Waals surface area contributed by atoms with Crippen molar-refractivity contribution in [1.82, 2.24) is 4.72 Å². The number of halogens is 2. The minimum absolute atomic E-state index is 0.252. The summed E-state index contributed by atoms with van der Waals surface area (Å²) < 4.78 is 34.1. The Labute approximate surface area is 191 Å². The molecule has 0 spiro atoms. The number of hydrogen-bond acceptors (Lipinski definition) is 4. The van der Waals surface area contributed by atoms with Gasteiger partial charge in [0.2, 0.25) is 0 Å². The molecule has 0 saturated heterocycles. The Bertz CT molecular complexity index is 1120. The molecule has 5 nitrogen and oxygen atoms in total. The van der Waals surface area contributed by atoms with Crippen molar-refractivity contribution >= 4 is 44.3 Å². The van der Waals surface area contributed by atoms with Gasteiger partial charge in [0, 0.05) is 0 Å². The van der Waals surface area contributed by atoms with E-state index >= 15 is 0 Å². The van der Waals surface area contributed by atoms with Crippen LogP contribution in [-0.2, 0) is 10.0 Å². The number of hydrogen-bond donors (Lipinski definition) is 1. The van der Waals surface area contributed by atoms with E-state index in [2.05, 4.69) is 26.9 Å². The van der Waals surface area contributed by atoms with Gasteiger partial charge in [-0.25, -0.2) is 0 Å². The maximum absolute atomic E-state index is 12.7. The quantitative estimate of drug-likeness (QED) is 0.478. The molecular formula is C21H20I2N3O2S-. The first-order valence-corrected chi connectivity index (χ1v) is 14.8. The maximum atomic E-state index is 12.7. The van der Waals surface area contributed by atoms with Crippen LogP contribution >= 0.6 is 20.7 Å². The minimum atomic E-state index is -3.63. The topological polar surface area (TPSA) is 70.9 Å². The van der Waals surface area contributed by atoms with Crippen molar-refractivity contribution in [1.29, 1.82) is 0 Å². The van der Waals surface area contributed by atoms with E-state index in [1.165, 1.54) is 0 Å². The van der Waals surface area contributed by atoms with Crippen molar-refractivity contribution < 1.29 is 29.6 Å². The molecule has 152 valence electrons. The van der Waals surface area contributed by atoms with Crippen LogP contribution in [0.2, 0.25) is 0 Å². The van der Waals surface area contributed by atoms with Crippen molar-refractivity contribution in [3.8, 4) is 0 Å². The number of benzene rings is 1. The van der Waals surface area contributed by atoms with E-state index in [9.17, 15) is 8.42 Å². The van der Waals surface area contributed by atoms with Gasteiger partial charge < -0.3 is 0 Å². The zero-order chi connectivity index (χ0) is 20.7. The number of sulfonamides is 1. The number of allylic oxidation sites excluding steroid dienone is 9. The van der Waals surface area contributed by atoms with Crippen LogP contribution in [-0.4, -0.2) is 29.0 Å². The zero-order valence-corrected chi connectivity index (χ0v) is 21.0. The van der Waals surface area contributed by atoms with Gasteiger partial charge in [0.15, 0.2) is 0 Å². The Balaban J connectivity index is 1.82. The van der Waals surface area contributed by atoms with Crippen LogP contribution in [0.15, 0.2) is 101 Å². The first-order valence-electron chi connectivity index (χ1n) is 8.68. The molecule has 1 N–H and O–H groups in total. The molecule has 0 radical (unpaired) electrons. The molecule has 1 aromatic rings. The van der Waals surface area contributed by atoms with E-state index in [0.717, 1.165) is 18.6 Å². The second kappa shape index (κ2) is 10.4. The number of rotatable bonds is 6. The molecule has 2 aliphatic rings. The van der Waals surface area contributed by atoms with Gasteiger partial charge >= 0.3 is 193 Å². The molecule has 0 amide bonds. The SMILES string of the molecule is C/C=C(\C=C1\C=CC=CC1=NC)[I-]C1=NC=IC=C1NS(=O)(=O)c1ccccc1. The van der Waals surface area contributed by atoms with Crippen molar-refractivity contribution in [3.63, 3.8) is 0 Å². The second-order valence-electron chi connectivity index (χ2n) is 5.78. The molecule has 0 bridgehead atoms. The monoisotopic (exact) mass is 632 g/mol. The Hall–Kier alpha value is -1.66. The van der Waals surface area contributed by atoms with Crippen LogP contribution in [0, 0.1) is 0 Å². The Morgan fingerprint density at radius 2 is 1.97 bits per heavy atom. The molecule has 3 rings (SSSR count). The van der Waals surface area contributed by atoms with E-state index in [1.54, 1.807) is 37.4 Å². The zero-order valence-electron chi connectivity index (χ0n) is 15.9. The molecule has 0 saturated carbocycles. The molecule has 1 aromatic carbocycles. The van der Waals surface area contributed by atoms with E-state index in [-0.39, 0.29) is 4.90 Å². The molecule has 0 unspecified atom stereocenters. The van der Waals surface area contributed by atoms with Crippen LogP contribution < -0.4 is 25.9 Å². The number of aliphatic imine (C=N–C) groups is 2. The summed E-state index contributed by atoms with van der Waals surface area (Å²) in [7, 11) is -1.85. The fourth-order valence-corrected chi connectivity index (χ4v) is 8.71. The second-order valence-corrected chi connectivity index (χ2v) is 12.2. The van der Waals surface area contributed by atoms with Gasteiger partial charge in [-0.05, 0) is 0 Å². The third kappa shape index (κ3) is 5.92. The molecule has 0 fully saturated rings. The van der Waals surface area contributed by atoms with Crippen molar-refractivity contribution in [3.05, 3.63) is 85.7 Å². The van der Waals surface area contributed by atoms with Crippen molar-refractivity contribution in [2.75, 3.05) is 7.05 Å². The summed E-state index contributed by atoms with van der Waals surface area (Å²) in [5, 5.41) is 0. The average molecular weight is 632 g/mol. The predicted octanol–water partition coefficient (Wildman–Crippen LogP) is 1.06. The van der Waals surface area contributed by atoms with Crippen molar-refractivity contribution in [2.24, 2.45) is 9.98 Å². The average Bonchev–Trinajstić information content (AvgIpc) is 2.75. The van der Waals surface area contributed by atoms with Crippen LogP contribution in [0.3, 0.4) is 0 Å². The van der Waals surface area contributed by atoms with Gasteiger partial charge in [0.1, 0.15) is 0 Å². The van der Waals surface area contributed by atoms with Crippen LogP contribution in [0.4, 0.5) is 0 Å². The molecule has 0 aromatic heterocycles. The Morgan fingerprint density at radius 1 is 1.21 bits per heavy atom. The third-order valence-electron chi connectivity index (χ3n) is 3.86. The normalized spacial score (nSPS) is 19.9. The standard InChI is InChI=1S/C21H20I2N3O2S/c1-3-17(13-16-9-7-8-12-19(16)24-2)23-21-20(14-22-15-25-21)26-29(27,28)18-10-5-4-6-11-18/h3-15,26H,1-2H3/q-1/b16-13-,17-3+,24-19?. The van der Waals surface area contributed by atoms with Gasteiger partial charge in [0.05, 0.1) is 0 Å². The Morgan fingerprint density at radius 3 is 2.69 bits per heavy atom. The van der Waals surface area contributed by atoms with Crippen molar-refractivity contribution in [2.45, 2.75) is 11.8 Å². The van der Waals surface area contributed by atoms with Gasteiger partial charge in [-0.15, -0.1) is 0 Å². The molecule has 0 atom stereocenters. The van der Waals surface area contributed by atoms with E-state index in [0.29, 0.717) is 5.70 Å². The van der Waals surface area contributed by atoms with Crippen LogP contribution in [0.1, 0.15) is 6.92 Å². The first kappa shape index (κ1) is 22.0. The van der Waals surface area contributed by atoms with Gasteiger partial charge in [0.25, 0.3) is 0 Å². The fraction of sp³-hybridized carbons (Fsp3) is 0.0952. The molecule has 29 heavy (non-hydrogen) atoms. The Kier molecular flexibility index (Phi) is 7.90. The summed E-state index contributed by atoms with van der Waals surface area (Å²) >= 11 is -1.06. The molecule has 8 heteroatoms. The van der Waals surface area contributed by atoms with E-state index < -0.39 is 52.0 Å². The van der Waals surface area contributed by atoms with Gasteiger partial charge in [-0.1, -0.05) is 0 Å². The summed E-state index contributed by atoms with van der Waals surface area (Å²) in [6, 6.07) is 8.42. The fourth-order valence-electron chi connectivity index (χ4n) is 2.45. The van der Waals surface area contributed by atoms with E-state index in [1.807, 2.05) is 39.4 Å². The molecule has 1 aliphatic heterocycles. The third-order valence-corrected chi connectivity index (χ3v) is 9.75. The van der Waals surface area contributed by atoms with Crippen LogP contribution in [0.25, 0.3) is 0 Å². The number of nitrogens with zero attached hydrogens (tertiary/aromatic N) is 2. The van der Waals surface area contributed by atoms with E-state index in [4.69, 9.17) is 0 Å². The first-order chi connectivity index (χ1) is 14.0. The summed E-state index contributed by atoms with van der Waals surface area (Å²) in [6.07, 6.45) is 12.1. The van der Waals surface area contributed by atoms with Gasteiger partial charge in [-0.2, -0.15) is 0 Å². The van der Waals surface area contributed by atoms with Gasteiger partial charge in [-0.3, -0.25) is 0 Å². The summed E-state index contributed by atoms with van der Waals surface area (Å²) in [6.45, 7) is 1.99. The van der Waals surface area contributed by atoms with Crippen LogP contribution in [0.5, 0.6) is 0 Å². The molecule has 1 aliphatic carbocycles.